The van der Waals surface area contributed by atoms with E-state index in [4.69, 9.17) is 18.6 Å². The molecule has 2 aromatic carbocycles. The molecule has 4 rings (SSSR count). The maximum absolute atomic E-state index is 13.6. The number of ether oxygens (including phenoxy) is 3. The van der Waals surface area contributed by atoms with Gasteiger partial charge in [0.15, 0.2) is 16.9 Å². The van der Waals surface area contributed by atoms with Crippen LogP contribution in [-0.2, 0) is 4.74 Å². The van der Waals surface area contributed by atoms with Gasteiger partial charge in [-0.3, -0.25) is 9.59 Å². The van der Waals surface area contributed by atoms with Crippen molar-refractivity contribution in [2.45, 2.75) is 39.3 Å². The van der Waals surface area contributed by atoms with Crippen molar-refractivity contribution in [3.8, 4) is 11.5 Å². The number of fused-ring (bicyclic) bond motifs is 2. The fourth-order valence-electron chi connectivity index (χ4n) is 4.29. The quantitative estimate of drug-likeness (QED) is 0.470. The van der Waals surface area contributed by atoms with Crippen molar-refractivity contribution in [2.24, 2.45) is 0 Å². The van der Waals surface area contributed by atoms with Crippen LogP contribution in [0.2, 0.25) is 0 Å². The first kappa shape index (κ1) is 22.9. The van der Waals surface area contributed by atoms with Gasteiger partial charge in [0.2, 0.25) is 5.76 Å². The van der Waals surface area contributed by atoms with Gasteiger partial charge in [-0.05, 0) is 57.0 Å². The standard InChI is InChI=1S/C26H29NO6/c1-15(2)32-12-6-11-27-23(17-8-10-20(30-4)21(14-17)31-5)22-24(28)18-13-16(3)7-9-19(18)33-25(22)26(27)29/h7-10,13-15,23H,6,11-12H2,1-5H3. The molecule has 1 aliphatic rings. The van der Waals surface area contributed by atoms with Crippen LogP contribution in [0.3, 0.4) is 0 Å². The van der Waals surface area contributed by atoms with Gasteiger partial charge in [-0.1, -0.05) is 17.7 Å². The van der Waals surface area contributed by atoms with Crippen molar-refractivity contribution in [2.75, 3.05) is 27.4 Å². The molecule has 0 aliphatic carbocycles. The van der Waals surface area contributed by atoms with Gasteiger partial charge in [0, 0.05) is 13.2 Å². The molecule has 1 aliphatic heterocycles. The molecule has 0 N–H and O–H groups in total. The fraction of sp³-hybridized carbons (Fsp3) is 0.385. The summed E-state index contributed by atoms with van der Waals surface area (Å²) in [6.07, 6.45) is 0.740. The minimum absolute atomic E-state index is 0.0981. The summed E-state index contributed by atoms with van der Waals surface area (Å²) in [6, 6.07) is 10.3. The third kappa shape index (κ3) is 4.20. The first-order chi connectivity index (χ1) is 15.8. The number of hydrogen-bond acceptors (Lipinski definition) is 6. The Morgan fingerprint density at radius 3 is 2.48 bits per heavy atom. The van der Waals surface area contributed by atoms with Crippen LogP contribution in [0, 0.1) is 6.92 Å². The third-order valence-electron chi connectivity index (χ3n) is 5.84. The van der Waals surface area contributed by atoms with E-state index in [1.54, 1.807) is 37.3 Å². The number of hydrogen-bond donors (Lipinski definition) is 0. The predicted molar refractivity (Wildman–Crippen MR) is 125 cm³/mol. The lowest BCUT2D eigenvalue weighted by Gasteiger charge is -2.26. The van der Waals surface area contributed by atoms with Crippen LogP contribution in [0.4, 0.5) is 0 Å². The molecule has 1 atom stereocenters. The zero-order valence-corrected chi connectivity index (χ0v) is 19.6. The summed E-state index contributed by atoms with van der Waals surface area (Å²) in [7, 11) is 3.12. The Bertz CT molecular complexity index is 1250. The maximum Gasteiger partial charge on any atom is 0.290 e. The minimum Gasteiger partial charge on any atom is -0.493 e. The van der Waals surface area contributed by atoms with Gasteiger partial charge in [0.05, 0.1) is 37.3 Å². The van der Waals surface area contributed by atoms with Crippen molar-refractivity contribution < 1.29 is 23.4 Å². The monoisotopic (exact) mass is 451 g/mol. The lowest BCUT2D eigenvalue weighted by atomic mass is 9.97. The normalized spacial score (nSPS) is 15.4. The molecule has 174 valence electrons. The molecule has 1 aromatic heterocycles. The van der Waals surface area contributed by atoms with E-state index < -0.39 is 6.04 Å². The topological polar surface area (TPSA) is 78.2 Å². The van der Waals surface area contributed by atoms with E-state index in [2.05, 4.69) is 0 Å². The highest BCUT2D eigenvalue weighted by molar-refractivity contribution is 5.99. The van der Waals surface area contributed by atoms with E-state index in [9.17, 15) is 9.59 Å². The van der Waals surface area contributed by atoms with E-state index in [1.165, 1.54) is 0 Å². The molecule has 0 bridgehead atoms. The van der Waals surface area contributed by atoms with Gasteiger partial charge in [-0.2, -0.15) is 0 Å². The molecule has 33 heavy (non-hydrogen) atoms. The highest BCUT2D eigenvalue weighted by Gasteiger charge is 2.42. The first-order valence-electron chi connectivity index (χ1n) is 11.1. The summed E-state index contributed by atoms with van der Waals surface area (Å²) < 4.78 is 22.5. The molecule has 0 fully saturated rings. The zero-order chi connectivity index (χ0) is 23.7. The van der Waals surface area contributed by atoms with Gasteiger partial charge in [0.25, 0.3) is 5.91 Å². The Morgan fingerprint density at radius 1 is 1.03 bits per heavy atom. The molecular formula is C26H29NO6. The van der Waals surface area contributed by atoms with Crippen molar-refractivity contribution in [1.82, 2.24) is 4.90 Å². The van der Waals surface area contributed by atoms with E-state index in [0.717, 1.165) is 11.1 Å². The summed E-state index contributed by atoms with van der Waals surface area (Å²) in [5.74, 6) is 0.902. The summed E-state index contributed by atoms with van der Waals surface area (Å²) in [5, 5.41) is 0.469. The summed E-state index contributed by atoms with van der Waals surface area (Å²) in [4.78, 5) is 28.8. The Hall–Kier alpha value is -3.32. The van der Waals surface area contributed by atoms with Crippen LogP contribution in [0.15, 0.2) is 45.6 Å². The summed E-state index contributed by atoms with van der Waals surface area (Å²) in [6.45, 7) is 6.80. The Labute approximate surface area is 192 Å². The SMILES string of the molecule is COc1ccc(C2c3c(oc4ccc(C)cc4c3=O)C(=O)N2CCCOC(C)C)cc1OC. The van der Waals surface area contributed by atoms with Gasteiger partial charge in [0.1, 0.15) is 5.58 Å². The van der Waals surface area contributed by atoms with Crippen molar-refractivity contribution >= 4 is 16.9 Å². The predicted octanol–water partition coefficient (Wildman–Crippen LogP) is 4.48. The van der Waals surface area contributed by atoms with E-state index in [-0.39, 0.29) is 23.2 Å². The molecule has 0 saturated carbocycles. The largest absolute Gasteiger partial charge is 0.493 e. The summed E-state index contributed by atoms with van der Waals surface area (Å²) in [5.41, 5.74) is 2.28. The van der Waals surface area contributed by atoms with Crippen LogP contribution < -0.4 is 14.9 Å². The van der Waals surface area contributed by atoms with Crippen LogP contribution in [-0.4, -0.2) is 44.3 Å². The van der Waals surface area contributed by atoms with Gasteiger partial charge < -0.3 is 23.5 Å². The van der Waals surface area contributed by atoms with E-state index in [0.29, 0.717) is 47.6 Å². The molecule has 0 spiro atoms. The average Bonchev–Trinajstić information content (AvgIpc) is 3.08. The Morgan fingerprint density at radius 2 is 1.79 bits per heavy atom. The third-order valence-corrected chi connectivity index (χ3v) is 5.84. The fourth-order valence-corrected chi connectivity index (χ4v) is 4.29. The van der Waals surface area contributed by atoms with E-state index >= 15 is 0 Å². The van der Waals surface area contributed by atoms with Crippen molar-refractivity contribution in [3.63, 3.8) is 0 Å². The number of aryl methyl sites for hydroxylation is 1. The van der Waals surface area contributed by atoms with Crippen LogP contribution in [0.1, 0.15) is 53.6 Å². The Kier molecular flexibility index (Phi) is 6.42. The second-order valence-electron chi connectivity index (χ2n) is 8.46. The average molecular weight is 452 g/mol. The second-order valence-corrected chi connectivity index (χ2v) is 8.46. The number of amides is 1. The van der Waals surface area contributed by atoms with Gasteiger partial charge >= 0.3 is 0 Å². The molecular weight excluding hydrogens is 422 g/mol. The molecule has 2 heterocycles. The number of carbonyl (C=O) groups is 1. The van der Waals surface area contributed by atoms with Crippen LogP contribution in [0.25, 0.3) is 11.0 Å². The molecule has 0 saturated heterocycles. The highest BCUT2D eigenvalue weighted by atomic mass is 16.5. The van der Waals surface area contributed by atoms with E-state index in [1.807, 2.05) is 39.0 Å². The molecule has 1 unspecified atom stereocenters. The number of nitrogens with zero attached hydrogens (tertiary/aromatic N) is 1. The van der Waals surface area contributed by atoms with Crippen molar-refractivity contribution in [1.29, 1.82) is 0 Å². The molecule has 7 heteroatoms. The van der Waals surface area contributed by atoms with Crippen LogP contribution in [0.5, 0.6) is 11.5 Å². The molecule has 7 nitrogen and oxygen atoms in total. The van der Waals surface area contributed by atoms with Gasteiger partial charge in [-0.15, -0.1) is 0 Å². The summed E-state index contributed by atoms with van der Waals surface area (Å²) >= 11 is 0. The number of benzene rings is 2. The number of methoxy groups -OCH3 is 2. The first-order valence-corrected chi connectivity index (χ1v) is 11.1. The van der Waals surface area contributed by atoms with Crippen molar-refractivity contribution in [3.05, 3.63) is 69.1 Å². The van der Waals surface area contributed by atoms with Gasteiger partial charge in [-0.25, -0.2) is 0 Å². The minimum atomic E-state index is -0.590. The van der Waals surface area contributed by atoms with Crippen LogP contribution >= 0.6 is 0 Å². The smallest absolute Gasteiger partial charge is 0.290 e. The molecule has 0 radical (unpaired) electrons. The number of rotatable bonds is 8. The maximum atomic E-state index is 13.6. The molecule has 1 amide bonds. The molecule has 3 aromatic rings. The second kappa shape index (κ2) is 9.27. The lowest BCUT2D eigenvalue weighted by Crippen LogP contribution is -2.31. The highest BCUT2D eigenvalue weighted by Crippen LogP contribution is 2.41. The Balaban J connectivity index is 1.85. The zero-order valence-electron chi connectivity index (χ0n) is 19.6. The lowest BCUT2D eigenvalue weighted by molar-refractivity contribution is 0.0593. The number of carbonyl (C=O) groups excluding carboxylic acids is 1.